The van der Waals surface area contributed by atoms with Crippen LogP contribution in [0.4, 0.5) is 0 Å². The first-order valence-electron chi connectivity index (χ1n) is 6.62. The molecule has 0 unspecified atom stereocenters. The molecular formula is C11H19N5O2S. The van der Waals surface area contributed by atoms with Gasteiger partial charge >= 0.3 is 0 Å². The highest BCUT2D eigenvalue weighted by Gasteiger charge is 2.27. The third-order valence-electron chi connectivity index (χ3n) is 3.83. The van der Waals surface area contributed by atoms with Crippen molar-refractivity contribution in [2.45, 2.75) is 32.5 Å². The van der Waals surface area contributed by atoms with Gasteiger partial charge in [0.1, 0.15) is 11.6 Å². The highest BCUT2D eigenvalue weighted by Crippen LogP contribution is 2.17. The van der Waals surface area contributed by atoms with E-state index in [0.29, 0.717) is 19.6 Å². The van der Waals surface area contributed by atoms with Crippen LogP contribution in [0.25, 0.3) is 0 Å². The van der Waals surface area contributed by atoms with Crippen molar-refractivity contribution in [3.8, 4) is 0 Å². The van der Waals surface area contributed by atoms with E-state index in [1.54, 1.807) is 0 Å². The Kier molecular flexibility index (Phi) is 3.32. The fourth-order valence-corrected chi connectivity index (χ4v) is 3.50. The smallest absolute Gasteiger partial charge is 0.211 e. The first kappa shape index (κ1) is 13.0. The second-order valence-electron chi connectivity index (χ2n) is 5.26. The summed E-state index contributed by atoms with van der Waals surface area (Å²) in [6.45, 7) is 4.57. The van der Waals surface area contributed by atoms with Gasteiger partial charge in [-0.15, -0.1) is 10.2 Å². The van der Waals surface area contributed by atoms with Crippen LogP contribution in [-0.4, -0.2) is 58.3 Å². The fourth-order valence-electron chi connectivity index (χ4n) is 2.74. The lowest BCUT2D eigenvalue weighted by molar-refractivity contribution is 0.298. The van der Waals surface area contributed by atoms with E-state index >= 15 is 0 Å². The van der Waals surface area contributed by atoms with E-state index in [2.05, 4.69) is 19.7 Å². The molecule has 7 nitrogen and oxygen atoms in total. The van der Waals surface area contributed by atoms with E-state index in [1.807, 2.05) is 0 Å². The van der Waals surface area contributed by atoms with E-state index in [0.717, 1.165) is 31.3 Å². The van der Waals surface area contributed by atoms with Crippen LogP contribution < -0.4 is 0 Å². The van der Waals surface area contributed by atoms with Crippen LogP contribution in [0.5, 0.6) is 0 Å². The number of sulfonamides is 1. The molecule has 2 aliphatic rings. The fraction of sp³-hybridized carbons (Fsp3) is 0.818. The van der Waals surface area contributed by atoms with Gasteiger partial charge in [0, 0.05) is 13.1 Å². The summed E-state index contributed by atoms with van der Waals surface area (Å²) in [6, 6.07) is 0. The minimum Gasteiger partial charge on any atom is -0.311 e. The molecule has 1 aromatic rings. The Hall–Kier alpha value is -0.990. The Labute approximate surface area is 113 Å². The molecule has 8 heteroatoms. The maximum absolute atomic E-state index is 11.5. The normalized spacial score (nSPS) is 21.7. The molecule has 0 radical (unpaired) electrons. The molecule has 19 heavy (non-hydrogen) atoms. The van der Waals surface area contributed by atoms with Crippen molar-refractivity contribution in [2.24, 2.45) is 0 Å². The summed E-state index contributed by atoms with van der Waals surface area (Å²) in [6.07, 6.45) is 3.75. The van der Waals surface area contributed by atoms with Gasteiger partial charge in [0.05, 0.1) is 19.3 Å². The number of rotatable bonds is 3. The van der Waals surface area contributed by atoms with Gasteiger partial charge in [0.2, 0.25) is 10.0 Å². The summed E-state index contributed by atoms with van der Waals surface area (Å²) in [7, 11) is -3.14. The van der Waals surface area contributed by atoms with Crippen LogP contribution in [0.3, 0.4) is 0 Å². The lowest BCUT2D eigenvalue weighted by atomic mass is 10.4. The average Bonchev–Trinajstić information content (AvgIpc) is 2.98. The van der Waals surface area contributed by atoms with E-state index in [9.17, 15) is 8.42 Å². The lowest BCUT2D eigenvalue weighted by Gasteiger charge is -2.26. The summed E-state index contributed by atoms with van der Waals surface area (Å²) in [4.78, 5) is 2.38. The van der Waals surface area contributed by atoms with Crippen molar-refractivity contribution in [2.75, 3.05) is 25.9 Å². The van der Waals surface area contributed by atoms with Gasteiger partial charge in [-0.25, -0.2) is 8.42 Å². The predicted molar refractivity (Wildman–Crippen MR) is 69.8 cm³/mol. The van der Waals surface area contributed by atoms with Gasteiger partial charge in [0.15, 0.2) is 0 Å². The van der Waals surface area contributed by atoms with Crippen LogP contribution in [-0.2, 0) is 29.7 Å². The van der Waals surface area contributed by atoms with Gasteiger partial charge in [-0.1, -0.05) is 0 Å². The van der Waals surface area contributed by atoms with Crippen molar-refractivity contribution in [3.63, 3.8) is 0 Å². The molecule has 0 atom stereocenters. The van der Waals surface area contributed by atoms with Gasteiger partial charge in [-0.3, -0.25) is 4.90 Å². The van der Waals surface area contributed by atoms with Crippen LogP contribution in [0.1, 0.15) is 24.5 Å². The Morgan fingerprint density at radius 1 is 1.11 bits per heavy atom. The van der Waals surface area contributed by atoms with E-state index < -0.39 is 10.0 Å². The first-order chi connectivity index (χ1) is 9.04. The lowest BCUT2D eigenvalue weighted by Crippen LogP contribution is -2.38. The zero-order valence-electron chi connectivity index (χ0n) is 11.1. The summed E-state index contributed by atoms with van der Waals surface area (Å²) >= 11 is 0. The minimum atomic E-state index is -3.14. The summed E-state index contributed by atoms with van der Waals surface area (Å²) in [5, 5.41) is 8.37. The molecular weight excluding hydrogens is 266 g/mol. The third-order valence-corrected chi connectivity index (χ3v) is 5.08. The molecule has 0 spiro atoms. The monoisotopic (exact) mass is 285 g/mol. The van der Waals surface area contributed by atoms with Gasteiger partial charge in [-0.05, 0) is 25.9 Å². The molecule has 1 aromatic heterocycles. The van der Waals surface area contributed by atoms with Crippen molar-refractivity contribution in [3.05, 3.63) is 11.6 Å². The first-order valence-corrected chi connectivity index (χ1v) is 8.47. The second kappa shape index (κ2) is 4.84. The standard InChI is InChI=1S/C11H19N5O2S/c1-19(17,18)15-6-7-16-10(12-13-11(16)9-15)8-14-4-2-3-5-14/h2-9H2,1H3. The molecule has 0 amide bonds. The number of aromatic nitrogens is 3. The summed E-state index contributed by atoms with van der Waals surface area (Å²) in [5.41, 5.74) is 0. The molecule has 0 aliphatic carbocycles. The van der Waals surface area contributed by atoms with Crippen molar-refractivity contribution >= 4 is 10.0 Å². The van der Waals surface area contributed by atoms with Gasteiger partial charge < -0.3 is 4.57 Å². The van der Waals surface area contributed by atoms with Gasteiger partial charge in [0.25, 0.3) is 0 Å². The van der Waals surface area contributed by atoms with Crippen molar-refractivity contribution in [1.29, 1.82) is 0 Å². The number of likely N-dealkylation sites (tertiary alicyclic amines) is 1. The molecule has 0 saturated carbocycles. The molecule has 1 saturated heterocycles. The Morgan fingerprint density at radius 2 is 1.84 bits per heavy atom. The molecule has 0 N–H and O–H groups in total. The zero-order valence-corrected chi connectivity index (χ0v) is 11.9. The number of fused-ring (bicyclic) bond motifs is 1. The third kappa shape index (κ3) is 2.65. The summed E-state index contributed by atoms with van der Waals surface area (Å²) in [5.74, 6) is 1.72. The van der Waals surface area contributed by atoms with Gasteiger partial charge in [-0.2, -0.15) is 4.31 Å². The molecule has 2 aliphatic heterocycles. The molecule has 3 heterocycles. The summed E-state index contributed by atoms with van der Waals surface area (Å²) < 4.78 is 26.6. The highest BCUT2D eigenvalue weighted by molar-refractivity contribution is 7.88. The van der Waals surface area contributed by atoms with E-state index in [1.165, 1.54) is 23.4 Å². The SMILES string of the molecule is CS(=O)(=O)N1CCn2c(CN3CCCC3)nnc2C1. The molecule has 1 fully saturated rings. The largest absolute Gasteiger partial charge is 0.311 e. The van der Waals surface area contributed by atoms with Crippen molar-refractivity contribution in [1.82, 2.24) is 24.0 Å². The van der Waals surface area contributed by atoms with E-state index in [4.69, 9.17) is 0 Å². The highest BCUT2D eigenvalue weighted by atomic mass is 32.2. The Morgan fingerprint density at radius 3 is 2.53 bits per heavy atom. The average molecular weight is 285 g/mol. The molecule has 0 aromatic carbocycles. The second-order valence-corrected chi connectivity index (χ2v) is 7.25. The molecule has 106 valence electrons. The van der Waals surface area contributed by atoms with Crippen LogP contribution in [0.15, 0.2) is 0 Å². The van der Waals surface area contributed by atoms with Crippen LogP contribution >= 0.6 is 0 Å². The Balaban J connectivity index is 1.76. The maximum Gasteiger partial charge on any atom is 0.211 e. The van der Waals surface area contributed by atoms with Crippen LogP contribution in [0.2, 0.25) is 0 Å². The zero-order chi connectivity index (χ0) is 13.5. The topological polar surface area (TPSA) is 71.3 Å². The minimum absolute atomic E-state index is 0.339. The Bertz CT molecular complexity index is 562. The maximum atomic E-state index is 11.5. The predicted octanol–water partition coefficient (Wildman–Crippen LogP) is -0.351. The van der Waals surface area contributed by atoms with E-state index in [-0.39, 0.29) is 0 Å². The number of nitrogens with zero attached hydrogens (tertiary/aromatic N) is 5. The van der Waals surface area contributed by atoms with Crippen LogP contribution in [0, 0.1) is 0 Å². The number of hydrogen-bond acceptors (Lipinski definition) is 5. The molecule has 3 rings (SSSR count). The quantitative estimate of drug-likeness (QED) is 0.759. The molecule has 0 bridgehead atoms. The van der Waals surface area contributed by atoms with Crippen molar-refractivity contribution < 1.29 is 8.42 Å². The number of hydrogen-bond donors (Lipinski definition) is 0.